The fourth-order valence-corrected chi connectivity index (χ4v) is 4.93. The molecule has 0 radical (unpaired) electrons. The maximum atomic E-state index is 12.2. The molecule has 0 bridgehead atoms. The Kier molecular flexibility index (Phi) is 4.67. The van der Waals surface area contributed by atoms with Gasteiger partial charge in [0.15, 0.2) is 5.75 Å². The molecule has 0 aliphatic heterocycles. The number of nitrogens with one attached hydrogen (secondary N) is 1. The van der Waals surface area contributed by atoms with Gasteiger partial charge in [-0.15, -0.1) is 11.3 Å². The Morgan fingerprint density at radius 1 is 1.32 bits per heavy atom. The Morgan fingerprint density at radius 3 is 2.71 bits per heavy atom. The number of fused-ring (bicyclic) bond motifs is 1. The van der Waals surface area contributed by atoms with Crippen LogP contribution in [0.1, 0.15) is 30.7 Å². The van der Waals surface area contributed by atoms with Crippen molar-refractivity contribution in [3.8, 4) is 16.9 Å². The van der Waals surface area contributed by atoms with E-state index in [2.05, 4.69) is 4.72 Å². The lowest BCUT2D eigenvalue weighted by Crippen LogP contribution is -2.18. The van der Waals surface area contributed by atoms with E-state index in [1.54, 1.807) is 49.7 Å². The van der Waals surface area contributed by atoms with Crippen LogP contribution in [0.5, 0.6) is 5.75 Å². The number of hydrogen-bond donors (Lipinski definition) is 1. The molecule has 0 atom stereocenters. The minimum absolute atomic E-state index is 0.0155. The van der Waals surface area contributed by atoms with Crippen molar-refractivity contribution in [1.29, 1.82) is 0 Å². The number of pyridine rings is 1. The van der Waals surface area contributed by atoms with E-state index in [9.17, 15) is 13.2 Å². The molecule has 9 heteroatoms. The van der Waals surface area contributed by atoms with Crippen LogP contribution in [-0.2, 0) is 17.1 Å². The van der Waals surface area contributed by atoms with Crippen LogP contribution in [0.3, 0.4) is 0 Å². The summed E-state index contributed by atoms with van der Waals surface area (Å²) in [6.45, 7) is 1.59. The van der Waals surface area contributed by atoms with Gasteiger partial charge in [-0.1, -0.05) is 0 Å². The van der Waals surface area contributed by atoms with Gasteiger partial charge >= 0.3 is 0 Å². The van der Waals surface area contributed by atoms with Gasteiger partial charge in [-0.05, 0) is 38.0 Å². The lowest BCUT2D eigenvalue weighted by molar-refractivity contribution is 0.405. The van der Waals surface area contributed by atoms with Gasteiger partial charge in [0.1, 0.15) is 0 Å². The van der Waals surface area contributed by atoms with Crippen LogP contribution >= 0.6 is 11.3 Å². The molecule has 1 aliphatic carbocycles. The highest BCUT2D eigenvalue weighted by atomic mass is 32.2. The summed E-state index contributed by atoms with van der Waals surface area (Å²) in [6, 6.07) is 5.25. The van der Waals surface area contributed by atoms with Crippen molar-refractivity contribution < 1.29 is 13.2 Å². The summed E-state index contributed by atoms with van der Waals surface area (Å²) in [7, 11) is -0.297. The summed E-state index contributed by atoms with van der Waals surface area (Å²) in [6.07, 6.45) is 4.00. The number of nitrogens with zero attached hydrogens (tertiary/aromatic N) is 2. The highest BCUT2D eigenvalue weighted by Gasteiger charge is 2.28. The summed E-state index contributed by atoms with van der Waals surface area (Å²) >= 11 is 1.63. The highest BCUT2D eigenvalue weighted by molar-refractivity contribution is 7.92. The van der Waals surface area contributed by atoms with Crippen molar-refractivity contribution in [2.75, 3.05) is 17.6 Å². The van der Waals surface area contributed by atoms with Crippen molar-refractivity contribution >= 4 is 37.3 Å². The summed E-state index contributed by atoms with van der Waals surface area (Å²) in [4.78, 5) is 16.9. The lowest BCUT2D eigenvalue weighted by Gasteiger charge is -2.11. The molecule has 148 valence electrons. The second-order valence-electron chi connectivity index (χ2n) is 6.92. The van der Waals surface area contributed by atoms with E-state index < -0.39 is 10.0 Å². The van der Waals surface area contributed by atoms with Crippen molar-refractivity contribution in [1.82, 2.24) is 9.55 Å². The molecule has 0 saturated heterocycles. The van der Waals surface area contributed by atoms with Crippen LogP contribution in [0.2, 0.25) is 0 Å². The molecule has 1 N–H and O–H groups in total. The van der Waals surface area contributed by atoms with Crippen LogP contribution in [0, 0.1) is 0 Å². The highest BCUT2D eigenvalue weighted by Crippen LogP contribution is 2.45. The van der Waals surface area contributed by atoms with E-state index in [1.165, 1.54) is 11.7 Å². The van der Waals surface area contributed by atoms with Gasteiger partial charge in [0, 0.05) is 30.3 Å². The first-order chi connectivity index (χ1) is 13.3. The lowest BCUT2D eigenvalue weighted by atomic mass is 10.1. The molecule has 2 aromatic heterocycles. The van der Waals surface area contributed by atoms with Crippen molar-refractivity contribution in [2.24, 2.45) is 7.05 Å². The molecule has 7 nitrogen and oxygen atoms in total. The van der Waals surface area contributed by atoms with Gasteiger partial charge in [0.2, 0.25) is 10.0 Å². The van der Waals surface area contributed by atoms with Crippen molar-refractivity contribution in [3.05, 3.63) is 39.8 Å². The summed E-state index contributed by atoms with van der Waals surface area (Å²) in [5.41, 5.74) is 2.58. The molecule has 0 amide bonds. The number of aromatic nitrogens is 2. The van der Waals surface area contributed by atoms with E-state index in [-0.39, 0.29) is 17.1 Å². The van der Waals surface area contributed by atoms with E-state index in [1.807, 2.05) is 0 Å². The van der Waals surface area contributed by atoms with E-state index >= 15 is 0 Å². The zero-order valence-corrected chi connectivity index (χ0v) is 17.5. The number of anilines is 1. The molecule has 0 spiro atoms. The Bertz CT molecular complexity index is 1220. The molecular weight excluding hydrogens is 398 g/mol. The first-order valence-corrected chi connectivity index (χ1v) is 11.5. The maximum absolute atomic E-state index is 12.2. The molecule has 1 aliphatic rings. The van der Waals surface area contributed by atoms with Crippen LogP contribution < -0.4 is 15.0 Å². The Hall–Kier alpha value is -2.39. The third-order valence-electron chi connectivity index (χ3n) is 4.77. The Balaban J connectivity index is 1.95. The summed E-state index contributed by atoms with van der Waals surface area (Å²) < 4.78 is 34.4. The SMILES string of the molecule is CCS(=O)(=O)Nc1cc(-c2cc(OC)c(=O)n(C)c2)c2sc(C3CC3)nc2c1. The normalized spacial score (nSPS) is 14.4. The zero-order chi connectivity index (χ0) is 20.1. The fourth-order valence-electron chi connectivity index (χ4n) is 3.05. The molecule has 1 aromatic carbocycles. The van der Waals surface area contributed by atoms with Crippen LogP contribution in [0.25, 0.3) is 21.3 Å². The van der Waals surface area contributed by atoms with Gasteiger partial charge < -0.3 is 9.30 Å². The quantitative estimate of drug-likeness (QED) is 0.662. The first kappa shape index (κ1) is 18.9. The number of sulfonamides is 1. The third-order valence-corrected chi connectivity index (χ3v) is 7.34. The predicted molar refractivity (Wildman–Crippen MR) is 112 cm³/mol. The van der Waals surface area contributed by atoms with Gasteiger partial charge in [0.25, 0.3) is 5.56 Å². The van der Waals surface area contributed by atoms with E-state index in [0.29, 0.717) is 11.6 Å². The number of benzene rings is 1. The minimum Gasteiger partial charge on any atom is -0.491 e. The molecule has 1 saturated carbocycles. The standard InChI is InChI=1S/C19H21N3O4S2/c1-4-28(24,25)21-13-8-14(12-7-16(26-3)19(23)22(2)10-12)17-15(9-13)20-18(27-17)11-5-6-11/h7-11,21H,4-6H2,1-3H3. The number of thiazole rings is 1. The summed E-state index contributed by atoms with van der Waals surface area (Å²) in [5, 5.41) is 1.07. The van der Waals surface area contributed by atoms with Gasteiger partial charge in [-0.25, -0.2) is 13.4 Å². The molecule has 4 rings (SSSR count). The Labute approximate surface area is 167 Å². The fraction of sp³-hybridized carbons (Fsp3) is 0.368. The maximum Gasteiger partial charge on any atom is 0.292 e. The summed E-state index contributed by atoms with van der Waals surface area (Å²) in [5.74, 6) is 0.716. The number of hydrogen-bond acceptors (Lipinski definition) is 6. The van der Waals surface area contributed by atoms with Gasteiger partial charge in [-0.2, -0.15) is 0 Å². The van der Waals surface area contributed by atoms with Crippen molar-refractivity contribution in [3.63, 3.8) is 0 Å². The topological polar surface area (TPSA) is 90.3 Å². The average Bonchev–Trinajstić information content (AvgIpc) is 3.42. The van der Waals surface area contributed by atoms with Crippen molar-refractivity contribution in [2.45, 2.75) is 25.7 Å². The number of aryl methyl sites for hydroxylation is 1. The van der Waals surface area contributed by atoms with Crippen LogP contribution in [-0.4, -0.2) is 30.8 Å². The molecular formula is C19H21N3O4S2. The Morgan fingerprint density at radius 2 is 2.07 bits per heavy atom. The third kappa shape index (κ3) is 3.51. The molecule has 28 heavy (non-hydrogen) atoms. The van der Waals surface area contributed by atoms with E-state index in [0.717, 1.165) is 39.2 Å². The minimum atomic E-state index is -3.42. The second kappa shape index (κ2) is 6.89. The monoisotopic (exact) mass is 419 g/mol. The average molecular weight is 420 g/mol. The smallest absolute Gasteiger partial charge is 0.292 e. The first-order valence-electron chi connectivity index (χ1n) is 9.01. The van der Waals surface area contributed by atoms with Crippen LogP contribution in [0.4, 0.5) is 5.69 Å². The molecule has 3 aromatic rings. The predicted octanol–water partition coefficient (Wildman–Crippen LogP) is 3.31. The number of rotatable bonds is 6. The largest absolute Gasteiger partial charge is 0.491 e. The number of methoxy groups -OCH3 is 1. The molecule has 1 fully saturated rings. The van der Waals surface area contributed by atoms with Crippen LogP contribution in [0.15, 0.2) is 29.2 Å². The van der Waals surface area contributed by atoms with Gasteiger partial charge in [-0.3, -0.25) is 9.52 Å². The number of ether oxygens (including phenoxy) is 1. The zero-order valence-electron chi connectivity index (χ0n) is 15.9. The molecule has 2 heterocycles. The molecule has 0 unspecified atom stereocenters. The second-order valence-corrected chi connectivity index (χ2v) is 9.96. The van der Waals surface area contributed by atoms with Gasteiger partial charge in [0.05, 0.1) is 33.8 Å². The van der Waals surface area contributed by atoms with E-state index in [4.69, 9.17) is 9.72 Å².